The summed E-state index contributed by atoms with van der Waals surface area (Å²) < 4.78 is 0. The van der Waals surface area contributed by atoms with Gasteiger partial charge in [0.1, 0.15) is 0 Å². The Morgan fingerprint density at radius 3 is 2.32 bits per heavy atom. The van der Waals surface area contributed by atoms with Gasteiger partial charge in [-0.25, -0.2) is 0 Å². The summed E-state index contributed by atoms with van der Waals surface area (Å²) in [6, 6.07) is 28.7. The first-order valence-corrected chi connectivity index (χ1v) is 11.1. The number of amides is 1. The van der Waals surface area contributed by atoms with Crippen molar-refractivity contribution in [3.8, 4) is 0 Å². The summed E-state index contributed by atoms with van der Waals surface area (Å²) >= 11 is 1.46. The van der Waals surface area contributed by atoms with Crippen molar-refractivity contribution in [2.75, 3.05) is 0 Å². The highest BCUT2D eigenvalue weighted by Gasteiger charge is 2.35. The highest BCUT2D eigenvalue weighted by Crippen LogP contribution is 2.30. The van der Waals surface area contributed by atoms with Gasteiger partial charge in [0.15, 0.2) is 5.17 Å². The first kappa shape index (κ1) is 19.5. The van der Waals surface area contributed by atoms with Gasteiger partial charge in [0, 0.05) is 5.56 Å². The van der Waals surface area contributed by atoms with E-state index < -0.39 is 0 Å². The van der Waals surface area contributed by atoms with Crippen LogP contribution in [0, 0.1) is 0 Å². The third-order valence-corrected chi connectivity index (χ3v) is 6.57. The molecule has 31 heavy (non-hydrogen) atoms. The Labute approximate surface area is 185 Å². The zero-order valence-electron chi connectivity index (χ0n) is 17.1. The normalized spacial score (nSPS) is 18.1. The molecule has 1 fully saturated rings. The molecule has 1 saturated heterocycles. The van der Waals surface area contributed by atoms with E-state index in [1.165, 1.54) is 17.1 Å². The Balaban J connectivity index is 1.45. The summed E-state index contributed by atoms with van der Waals surface area (Å²) in [4.78, 5) is 14.6. The molecule has 1 aliphatic heterocycles. The fraction of sp³-hybridized carbons (Fsp3) is 0.115. The number of fused-ring (bicyclic) bond motifs is 2. The van der Waals surface area contributed by atoms with Gasteiger partial charge in [0.05, 0.1) is 18.0 Å². The average Bonchev–Trinajstić information content (AvgIpc) is 3.07. The molecule has 5 heteroatoms. The molecule has 4 nitrogen and oxygen atoms in total. The van der Waals surface area contributed by atoms with Gasteiger partial charge in [-0.1, -0.05) is 96.7 Å². The summed E-state index contributed by atoms with van der Waals surface area (Å²) in [6.07, 6.45) is 1.76. The summed E-state index contributed by atoms with van der Waals surface area (Å²) in [6.45, 7) is 2.40. The molecule has 0 N–H and O–H groups in total. The molecule has 0 spiro atoms. The Morgan fingerprint density at radius 1 is 0.871 bits per heavy atom. The Bertz CT molecular complexity index is 1330. The standard InChI is InChI=1S/C26H21N3OS/c1-18-25(30)29(17-22-13-7-11-20-9-3-5-15-24(20)22)26(31-18)28-27-16-21-12-6-10-19-8-2-4-14-23(19)21/h2-16,18H,17H2,1H3. The molecule has 4 aromatic rings. The Hall–Kier alpha value is -3.44. The van der Waals surface area contributed by atoms with Crippen LogP contribution < -0.4 is 0 Å². The predicted molar refractivity (Wildman–Crippen MR) is 131 cm³/mol. The number of hydrogen-bond acceptors (Lipinski definition) is 4. The first-order chi connectivity index (χ1) is 15.2. The van der Waals surface area contributed by atoms with E-state index in [4.69, 9.17) is 0 Å². The summed E-state index contributed by atoms with van der Waals surface area (Å²) in [5.41, 5.74) is 2.11. The van der Waals surface area contributed by atoms with Crippen molar-refractivity contribution in [2.24, 2.45) is 10.2 Å². The van der Waals surface area contributed by atoms with Crippen molar-refractivity contribution < 1.29 is 4.79 Å². The summed E-state index contributed by atoms with van der Waals surface area (Å²) in [5, 5.41) is 13.9. The molecule has 1 heterocycles. The molecule has 1 amide bonds. The van der Waals surface area contributed by atoms with Crippen LogP contribution in [0.2, 0.25) is 0 Å². The monoisotopic (exact) mass is 423 g/mol. The fourth-order valence-electron chi connectivity index (χ4n) is 3.91. The average molecular weight is 424 g/mol. The predicted octanol–water partition coefficient (Wildman–Crippen LogP) is 5.85. The quantitative estimate of drug-likeness (QED) is 0.305. The maximum atomic E-state index is 12.8. The van der Waals surface area contributed by atoms with Crippen LogP contribution in [0.25, 0.3) is 21.5 Å². The van der Waals surface area contributed by atoms with Crippen LogP contribution in [0.15, 0.2) is 95.1 Å². The minimum absolute atomic E-state index is 0.0667. The second-order valence-electron chi connectivity index (χ2n) is 7.52. The third-order valence-electron chi connectivity index (χ3n) is 5.50. The van der Waals surface area contributed by atoms with E-state index in [9.17, 15) is 4.79 Å². The molecule has 0 saturated carbocycles. The Kier molecular flexibility index (Phi) is 5.26. The van der Waals surface area contributed by atoms with E-state index in [2.05, 4.69) is 52.7 Å². The van der Waals surface area contributed by atoms with Gasteiger partial charge in [-0.2, -0.15) is 5.10 Å². The van der Waals surface area contributed by atoms with Crippen LogP contribution >= 0.6 is 11.8 Å². The number of carbonyl (C=O) groups is 1. The van der Waals surface area contributed by atoms with Gasteiger partial charge in [-0.3, -0.25) is 9.69 Å². The number of benzene rings is 4. The van der Waals surface area contributed by atoms with Crippen LogP contribution in [0.4, 0.5) is 0 Å². The maximum absolute atomic E-state index is 12.8. The Morgan fingerprint density at radius 2 is 1.52 bits per heavy atom. The van der Waals surface area contributed by atoms with E-state index in [-0.39, 0.29) is 11.2 Å². The zero-order chi connectivity index (χ0) is 21.2. The SMILES string of the molecule is CC1SC(=NN=Cc2cccc3ccccc23)N(Cc2cccc3ccccc23)C1=O. The largest absolute Gasteiger partial charge is 0.284 e. The van der Waals surface area contributed by atoms with Crippen molar-refractivity contribution in [1.82, 2.24) is 4.90 Å². The molecule has 5 rings (SSSR count). The smallest absolute Gasteiger partial charge is 0.242 e. The number of thioether (sulfide) groups is 1. The van der Waals surface area contributed by atoms with Gasteiger partial charge >= 0.3 is 0 Å². The molecule has 0 bridgehead atoms. The van der Waals surface area contributed by atoms with E-state index in [0.29, 0.717) is 11.7 Å². The number of carbonyl (C=O) groups excluding carboxylic acids is 1. The van der Waals surface area contributed by atoms with Crippen molar-refractivity contribution in [3.63, 3.8) is 0 Å². The van der Waals surface area contributed by atoms with Crippen molar-refractivity contribution in [2.45, 2.75) is 18.7 Å². The second-order valence-corrected chi connectivity index (χ2v) is 8.83. The molecular weight excluding hydrogens is 402 g/mol. The topological polar surface area (TPSA) is 45.0 Å². The number of nitrogens with zero attached hydrogens (tertiary/aromatic N) is 3. The number of hydrogen-bond donors (Lipinski definition) is 0. The van der Waals surface area contributed by atoms with Crippen molar-refractivity contribution in [1.29, 1.82) is 0 Å². The van der Waals surface area contributed by atoms with E-state index in [1.807, 2.05) is 49.4 Å². The lowest BCUT2D eigenvalue weighted by atomic mass is 10.0. The van der Waals surface area contributed by atoms with Gasteiger partial charge in [0.25, 0.3) is 0 Å². The lowest BCUT2D eigenvalue weighted by Crippen LogP contribution is -2.30. The van der Waals surface area contributed by atoms with Crippen LogP contribution in [-0.2, 0) is 11.3 Å². The van der Waals surface area contributed by atoms with E-state index >= 15 is 0 Å². The molecule has 4 aromatic carbocycles. The lowest BCUT2D eigenvalue weighted by Gasteiger charge is -2.17. The van der Waals surface area contributed by atoms with Gasteiger partial charge in [-0.15, -0.1) is 5.10 Å². The number of amidine groups is 1. The van der Waals surface area contributed by atoms with Crippen LogP contribution in [0.1, 0.15) is 18.1 Å². The third kappa shape index (κ3) is 3.84. The van der Waals surface area contributed by atoms with E-state index in [1.54, 1.807) is 11.1 Å². The lowest BCUT2D eigenvalue weighted by molar-refractivity contribution is -0.126. The van der Waals surface area contributed by atoms with Gasteiger partial charge < -0.3 is 0 Å². The minimum Gasteiger partial charge on any atom is -0.284 e. The highest BCUT2D eigenvalue weighted by molar-refractivity contribution is 8.15. The van der Waals surface area contributed by atoms with E-state index in [0.717, 1.165) is 27.3 Å². The summed E-state index contributed by atoms with van der Waals surface area (Å²) in [7, 11) is 0. The first-order valence-electron chi connectivity index (χ1n) is 10.2. The molecule has 152 valence electrons. The van der Waals surface area contributed by atoms with Gasteiger partial charge in [0.2, 0.25) is 5.91 Å². The van der Waals surface area contributed by atoms with Crippen LogP contribution in [0.3, 0.4) is 0 Å². The fourth-order valence-corrected chi connectivity index (χ4v) is 4.83. The zero-order valence-corrected chi connectivity index (χ0v) is 17.9. The van der Waals surface area contributed by atoms with Gasteiger partial charge in [-0.05, 0) is 34.0 Å². The highest BCUT2D eigenvalue weighted by atomic mass is 32.2. The minimum atomic E-state index is -0.165. The molecule has 1 unspecified atom stereocenters. The molecular formula is C26H21N3OS. The maximum Gasteiger partial charge on any atom is 0.242 e. The molecule has 0 aromatic heterocycles. The second kappa shape index (κ2) is 8.36. The molecule has 1 aliphatic rings. The summed E-state index contributed by atoms with van der Waals surface area (Å²) in [5.74, 6) is 0.0667. The van der Waals surface area contributed by atoms with Crippen LogP contribution in [-0.4, -0.2) is 27.4 Å². The molecule has 0 radical (unpaired) electrons. The molecule has 1 atom stereocenters. The van der Waals surface area contributed by atoms with Crippen molar-refractivity contribution in [3.05, 3.63) is 96.1 Å². The molecule has 0 aliphatic carbocycles. The van der Waals surface area contributed by atoms with Crippen molar-refractivity contribution >= 4 is 50.6 Å². The van der Waals surface area contributed by atoms with Crippen LogP contribution in [0.5, 0.6) is 0 Å². The number of rotatable bonds is 4.